The van der Waals surface area contributed by atoms with Gasteiger partial charge < -0.3 is 14.4 Å². The first-order chi connectivity index (χ1) is 14.0. The Hall–Kier alpha value is -2.95. The zero-order valence-electron chi connectivity index (χ0n) is 15.5. The van der Waals surface area contributed by atoms with Crippen molar-refractivity contribution in [2.45, 2.75) is 13.5 Å². The van der Waals surface area contributed by atoms with Gasteiger partial charge in [0.2, 0.25) is 0 Å². The second-order valence-corrected chi connectivity index (χ2v) is 7.37. The highest BCUT2D eigenvalue weighted by molar-refractivity contribution is 6.42. The second-order valence-electron chi connectivity index (χ2n) is 6.55. The quantitative estimate of drug-likeness (QED) is 0.377. The number of rotatable bonds is 5. The monoisotopic (exact) mass is 425 g/mol. The lowest BCUT2D eigenvalue weighted by atomic mass is 9.99. The molecule has 0 unspecified atom stereocenters. The first-order valence-corrected chi connectivity index (χ1v) is 9.70. The predicted molar refractivity (Wildman–Crippen MR) is 115 cm³/mol. The summed E-state index contributed by atoms with van der Waals surface area (Å²) >= 11 is 12.0. The minimum Gasteiger partial charge on any atom is -0.507 e. The molecular formula is C23H17Cl2NO3. The Kier molecular flexibility index (Phi) is 5.47. The lowest BCUT2D eigenvalue weighted by Gasteiger charge is -2.10. The van der Waals surface area contributed by atoms with E-state index in [4.69, 9.17) is 32.5 Å². The molecule has 4 nitrogen and oxygen atoms in total. The number of aryl methyl sites for hydroxylation is 1. The van der Waals surface area contributed by atoms with Crippen LogP contribution in [0.15, 0.2) is 71.3 Å². The number of nitrogens with zero attached hydrogens (tertiary/aromatic N) is 1. The van der Waals surface area contributed by atoms with Crippen molar-refractivity contribution in [3.8, 4) is 33.9 Å². The first kappa shape index (κ1) is 19.4. The number of halogens is 2. The lowest BCUT2D eigenvalue weighted by molar-refractivity contribution is 0.304. The Labute approximate surface area is 178 Å². The fraction of sp³-hybridized carbons (Fsp3) is 0.0870. The molecule has 6 heteroatoms. The van der Waals surface area contributed by atoms with Gasteiger partial charge >= 0.3 is 0 Å². The number of aromatic nitrogens is 1. The van der Waals surface area contributed by atoms with Crippen LogP contribution in [0.2, 0.25) is 10.0 Å². The second kappa shape index (κ2) is 8.19. The molecule has 0 aliphatic rings. The van der Waals surface area contributed by atoms with Crippen LogP contribution in [0.25, 0.3) is 22.5 Å². The highest BCUT2D eigenvalue weighted by atomic mass is 35.5. The third kappa shape index (κ3) is 4.09. The largest absolute Gasteiger partial charge is 0.507 e. The average Bonchev–Trinajstić information content (AvgIpc) is 3.10. The molecule has 0 spiro atoms. The molecular weight excluding hydrogens is 409 g/mol. The van der Waals surface area contributed by atoms with Crippen molar-refractivity contribution in [3.63, 3.8) is 0 Å². The molecule has 0 aliphatic carbocycles. The molecule has 1 heterocycles. The summed E-state index contributed by atoms with van der Waals surface area (Å²) in [4.78, 5) is 0. The summed E-state index contributed by atoms with van der Waals surface area (Å²) in [7, 11) is 0. The van der Waals surface area contributed by atoms with Crippen molar-refractivity contribution in [2.24, 2.45) is 0 Å². The number of hydrogen-bond acceptors (Lipinski definition) is 4. The Morgan fingerprint density at radius 1 is 0.966 bits per heavy atom. The molecule has 1 N–H and O–H groups in total. The molecule has 4 aromatic rings. The van der Waals surface area contributed by atoms with E-state index in [1.54, 1.807) is 30.3 Å². The number of benzene rings is 3. The number of ether oxygens (including phenoxy) is 1. The van der Waals surface area contributed by atoms with Crippen LogP contribution < -0.4 is 4.74 Å². The molecule has 0 radical (unpaired) electrons. The lowest BCUT2D eigenvalue weighted by Crippen LogP contribution is -1.95. The van der Waals surface area contributed by atoms with Crippen molar-refractivity contribution in [1.82, 2.24) is 5.16 Å². The maximum atomic E-state index is 10.6. The van der Waals surface area contributed by atoms with Gasteiger partial charge in [-0.25, -0.2) is 0 Å². The smallest absolute Gasteiger partial charge is 0.178 e. The summed E-state index contributed by atoms with van der Waals surface area (Å²) in [6, 6.07) is 20.2. The Morgan fingerprint density at radius 3 is 2.48 bits per heavy atom. The standard InChI is InChI=1S/C23H17Cl2NO3/c1-14-22(16-5-3-2-4-6-16)23(29-26-14)18-9-8-17(12-21(18)27)28-13-15-7-10-19(24)20(25)11-15/h2-12,27H,13H2,1H3. The number of aromatic hydroxyl groups is 1. The Bertz CT molecular complexity index is 1160. The highest BCUT2D eigenvalue weighted by Gasteiger charge is 2.19. The van der Waals surface area contributed by atoms with Crippen molar-refractivity contribution in [2.75, 3.05) is 0 Å². The summed E-state index contributed by atoms with van der Waals surface area (Å²) < 4.78 is 11.3. The molecule has 0 saturated heterocycles. The number of hydrogen-bond donors (Lipinski definition) is 1. The van der Waals surface area contributed by atoms with E-state index in [9.17, 15) is 5.11 Å². The minimum absolute atomic E-state index is 0.0463. The van der Waals surface area contributed by atoms with E-state index in [1.165, 1.54) is 0 Å². The Morgan fingerprint density at radius 2 is 1.76 bits per heavy atom. The number of phenolic OH excluding ortho intramolecular Hbond substituents is 1. The predicted octanol–water partition coefficient (Wildman–Crippen LogP) is 6.91. The summed E-state index contributed by atoms with van der Waals surface area (Å²) in [5, 5.41) is 15.6. The van der Waals surface area contributed by atoms with Gasteiger partial charge in [-0.2, -0.15) is 0 Å². The minimum atomic E-state index is 0.0463. The van der Waals surface area contributed by atoms with E-state index in [0.29, 0.717) is 33.7 Å². The van der Waals surface area contributed by atoms with E-state index < -0.39 is 0 Å². The van der Waals surface area contributed by atoms with E-state index >= 15 is 0 Å². The van der Waals surface area contributed by atoms with Crippen molar-refractivity contribution < 1.29 is 14.4 Å². The molecule has 0 amide bonds. The van der Waals surface area contributed by atoms with Crippen LogP contribution in [0.5, 0.6) is 11.5 Å². The number of phenols is 1. The zero-order chi connectivity index (χ0) is 20.4. The molecule has 0 saturated carbocycles. The normalized spacial score (nSPS) is 10.9. The van der Waals surface area contributed by atoms with Crippen LogP contribution in [-0.2, 0) is 6.61 Å². The molecule has 146 valence electrons. The third-order valence-electron chi connectivity index (χ3n) is 4.53. The van der Waals surface area contributed by atoms with Gasteiger partial charge in [-0.3, -0.25) is 0 Å². The van der Waals surface area contributed by atoms with E-state index in [1.807, 2.05) is 43.3 Å². The molecule has 0 aliphatic heterocycles. The molecule has 1 aromatic heterocycles. The van der Waals surface area contributed by atoms with Gasteiger partial charge in [-0.1, -0.05) is 64.8 Å². The SMILES string of the molecule is Cc1noc(-c2ccc(OCc3ccc(Cl)c(Cl)c3)cc2O)c1-c1ccccc1. The molecule has 4 rings (SSSR count). The van der Waals surface area contributed by atoms with Gasteiger partial charge in [-0.15, -0.1) is 0 Å². The Balaban J connectivity index is 1.59. The first-order valence-electron chi connectivity index (χ1n) is 8.94. The summed E-state index contributed by atoms with van der Waals surface area (Å²) in [5.74, 6) is 1.09. The van der Waals surface area contributed by atoms with Gasteiger partial charge in [0.1, 0.15) is 18.1 Å². The van der Waals surface area contributed by atoms with E-state index in [2.05, 4.69) is 5.16 Å². The average molecular weight is 426 g/mol. The van der Waals surface area contributed by atoms with Crippen LogP contribution >= 0.6 is 23.2 Å². The summed E-state index contributed by atoms with van der Waals surface area (Å²) in [6.07, 6.45) is 0. The molecule has 29 heavy (non-hydrogen) atoms. The maximum absolute atomic E-state index is 10.6. The van der Waals surface area contributed by atoms with Crippen molar-refractivity contribution in [3.05, 3.63) is 88.0 Å². The fourth-order valence-electron chi connectivity index (χ4n) is 3.09. The van der Waals surface area contributed by atoms with Gasteiger partial charge in [0.25, 0.3) is 0 Å². The molecule has 0 bridgehead atoms. The van der Waals surface area contributed by atoms with Gasteiger partial charge in [-0.05, 0) is 42.3 Å². The molecule has 0 atom stereocenters. The fourth-order valence-corrected chi connectivity index (χ4v) is 3.41. The van der Waals surface area contributed by atoms with Crippen LogP contribution in [0, 0.1) is 6.92 Å². The van der Waals surface area contributed by atoms with Gasteiger partial charge in [0.15, 0.2) is 5.76 Å². The van der Waals surface area contributed by atoms with Gasteiger partial charge in [0, 0.05) is 6.07 Å². The van der Waals surface area contributed by atoms with Crippen molar-refractivity contribution in [1.29, 1.82) is 0 Å². The van der Waals surface area contributed by atoms with E-state index in [0.717, 1.165) is 22.4 Å². The van der Waals surface area contributed by atoms with Crippen LogP contribution in [0.1, 0.15) is 11.3 Å². The molecule has 3 aromatic carbocycles. The summed E-state index contributed by atoms with van der Waals surface area (Å²) in [5.41, 5.74) is 4.00. The van der Waals surface area contributed by atoms with Crippen LogP contribution in [0.4, 0.5) is 0 Å². The van der Waals surface area contributed by atoms with Crippen LogP contribution in [-0.4, -0.2) is 10.3 Å². The third-order valence-corrected chi connectivity index (χ3v) is 5.27. The highest BCUT2D eigenvalue weighted by Crippen LogP contribution is 2.40. The van der Waals surface area contributed by atoms with E-state index in [-0.39, 0.29) is 5.75 Å². The maximum Gasteiger partial charge on any atom is 0.178 e. The molecule has 0 fully saturated rings. The van der Waals surface area contributed by atoms with Gasteiger partial charge in [0.05, 0.1) is 26.9 Å². The summed E-state index contributed by atoms with van der Waals surface area (Å²) in [6.45, 7) is 2.17. The zero-order valence-corrected chi connectivity index (χ0v) is 17.0. The van der Waals surface area contributed by atoms with Crippen molar-refractivity contribution >= 4 is 23.2 Å². The topological polar surface area (TPSA) is 55.5 Å². The van der Waals surface area contributed by atoms with Crippen LogP contribution in [0.3, 0.4) is 0 Å².